The quantitative estimate of drug-likeness (QED) is 0.896. The molecule has 0 aromatic heterocycles. The monoisotopic (exact) mass is 318 g/mol. The van der Waals surface area contributed by atoms with Gasteiger partial charge in [-0.15, -0.1) is 0 Å². The Labute approximate surface area is 137 Å². The van der Waals surface area contributed by atoms with Crippen LogP contribution in [0.4, 0.5) is 16.2 Å². The molecule has 1 aliphatic rings. The molecular formula is C17H26N4O2. The van der Waals surface area contributed by atoms with Crippen LogP contribution in [0.2, 0.25) is 0 Å². The zero-order valence-corrected chi connectivity index (χ0v) is 14.1. The number of nitrogens with zero attached hydrogens (tertiary/aromatic N) is 2. The maximum atomic E-state index is 12.3. The summed E-state index contributed by atoms with van der Waals surface area (Å²) in [5.74, 6) is 0.540. The first kappa shape index (κ1) is 17.3. The summed E-state index contributed by atoms with van der Waals surface area (Å²) in [5, 5.41) is 5.60. The minimum absolute atomic E-state index is 0.0681. The Hall–Kier alpha value is -2.08. The van der Waals surface area contributed by atoms with E-state index >= 15 is 0 Å². The lowest BCUT2D eigenvalue weighted by atomic mass is 10.2. The number of piperazine rings is 1. The van der Waals surface area contributed by atoms with Crippen molar-refractivity contribution in [3.63, 3.8) is 0 Å². The maximum Gasteiger partial charge on any atom is 0.321 e. The van der Waals surface area contributed by atoms with Gasteiger partial charge in [0.2, 0.25) is 5.91 Å². The molecule has 0 atom stereocenters. The molecule has 1 heterocycles. The lowest BCUT2D eigenvalue weighted by Crippen LogP contribution is -2.50. The average molecular weight is 318 g/mol. The molecule has 1 aromatic rings. The smallest absolute Gasteiger partial charge is 0.321 e. The predicted octanol–water partition coefficient (Wildman–Crippen LogP) is 2.45. The minimum atomic E-state index is -0.110. The highest BCUT2D eigenvalue weighted by Gasteiger charge is 2.21. The van der Waals surface area contributed by atoms with Crippen LogP contribution in [-0.4, -0.2) is 54.5 Å². The molecule has 6 heteroatoms. The minimum Gasteiger partial charge on any atom is -0.326 e. The molecule has 0 radical (unpaired) electrons. The molecular weight excluding hydrogens is 292 g/mol. The van der Waals surface area contributed by atoms with Gasteiger partial charge < -0.3 is 15.5 Å². The Morgan fingerprint density at radius 1 is 1.00 bits per heavy atom. The summed E-state index contributed by atoms with van der Waals surface area (Å²) in [6, 6.07) is 7.06. The van der Waals surface area contributed by atoms with E-state index in [9.17, 15) is 9.59 Å². The van der Waals surface area contributed by atoms with Gasteiger partial charge in [-0.1, -0.05) is 13.8 Å². The van der Waals surface area contributed by atoms with Crippen LogP contribution in [0.15, 0.2) is 24.3 Å². The van der Waals surface area contributed by atoms with Gasteiger partial charge in [0, 0.05) is 51.0 Å². The highest BCUT2D eigenvalue weighted by molar-refractivity contribution is 5.91. The van der Waals surface area contributed by atoms with Crippen LogP contribution in [0.3, 0.4) is 0 Å². The summed E-state index contributed by atoms with van der Waals surface area (Å²) >= 11 is 0. The standard InChI is InChI=1S/C17H26N4O2/c1-13(2)12-20-8-10-21(11-9-20)17(23)19-16-6-4-15(5-7-16)18-14(3)22/h4-7,13H,8-12H2,1-3H3,(H,18,22)(H,19,23). The van der Waals surface area contributed by atoms with Crippen LogP contribution < -0.4 is 10.6 Å². The highest BCUT2D eigenvalue weighted by Crippen LogP contribution is 2.14. The van der Waals surface area contributed by atoms with Crippen LogP contribution in [-0.2, 0) is 4.79 Å². The molecule has 0 bridgehead atoms. The third-order valence-electron chi connectivity index (χ3n) is 3.74. The largest absolute Gasteiger partial charge is 0.326 e. The van der Waals surface area contributed by atoms with Crippen molar-refractivity contribution in [2.24, 2.45) is 5.92 Å². The van der Waals surface area contributed by atoms with E-state index in [2.05, 4.69) is 29.4 Å². The zero-order valence-electron chi connectivity index (χ0n) is 14.1. The summed E-state index contributed by atoms with van der Waals surface area (Å²) in [4.78, 5) is 27.5. The van der Waals surface area contributed by atoms with Gasteiger partial charge in [-0.2, -0.15) is 0 Å². The number of hydrogen-bond acceptors (Lipinski definition) is 3. The molecule has 23 heavy (non-hydrogen) atoms. The van der Waals surface area contributed by atoms with E-state index in [1.165, 1.54) is 6.92 Å². The number of carbonyl (C=O) groups excluding carboxylic acids is 2. The first-order valence-corrected chi connectivity index (χ1v) is 8.10. The van der Waals surface area contributed by atoms with Crippen molar-refractivity contribution in [3.05, 3.63) is 24.3 Å². The fourth-order valence-corrected chi connectivity index (χ4v) is 2.69. The zero-order chi connectivity index (χ0) is 16.8. The molecule has 0 spiro atoms. The van der Waals surface area contributed by atoms with Crippen LogP contribution in [0.25, 0.3) is 0 Å². The van der Waals surface area contributed by atoms with E-state index in [4.69, 9.17) is 0 Å². The molecule has 6 nitrogen and oxygen atoms in total. The summed E-state index contributed by atoms with van der Waals surface area (Å²) in [5.41, 5.74) is 1.45. The number of carbonyl (C=O) groups is 2. The third kappa shape index (κ3) is 5.56. The molecule has 2 N–H and O–H groups in total. The van der Waals surface area contributed by atoms with Gasteiger partial charge in [-0.3, -0.25) is 9.69 Å². The van der Waals surface area contributed by atoms with Crippen LogP contribution in [0.5, 0.6) is 0 Å². The molecule has 2 rings (SSSR count). The van der Waals surface area contributed by atoms with Gasteiger partial charge in [-0.05, 0) is 30.2 Å². The van der Waals surface area contributed by atoms with E-state index in [-0.39, 0.29) is 11.9 Å². The molecule has 1 aromatic carbocycles. The van der Waals surface area contributed by atoms with Gasteiger partial charge in [-0.25, -0.2) is 4.79 Å². The number of benzene rings is 1. The number of amides is 3. The summed E-state index contributed by atoms with van der Waals surface area (Å²) in [6.07, 6.45) is 0. The van der Waals surface area contributed by atoms with Crippen LogP contribution >= 0.6 is 0 Å². The van der Waals surface area contributed by atoms with Gasteiger partial charge in [0.1, 0.15) is 0 Å². The second kappa shape index (κ2) is 7.97. The van der Waals surface area contributed by atoms with Crippen molar-refractivity contribution >= 4 is 23.3 Å². The second-order valence-corrected chi connectivity index (χ2v) is 6.37. The molecule has 126 valence electrons. The molecule has 1 aliphatic heterocycles. The van der Waals surface area contributed by atoms with Crippen molar-refractivity contribution in [2.75, 3.05) is 43.4 Å². The van der Waals surface area contributed by atoms with Gasteiger partial charge in [0.25, 0.3) is 0 Å². The Balaban J connectivity index is 1.82. The maximum absolute atomic E-state index is 12.3. The average Bonchev–Trinajstić information content (AvgIpc) is 2.49. The predicted molar refractivity (Wildman–Crippen MR) is 92.6 cm³/mol. The van der Waals surface area contributed by atoms with Gasteiger partial charge in [0.05, 0.1) is 0 Å². The van der Waals surface area contributed by atoms with Gasteiger partial charge in [0.15, 0.2) is 0 Å². The SMILES string of the molecule is CC(=O)Nc1ccc(NC(=O)N2CCN(CC(C)C)CC2)cc1. The van der Waals surface area contributed by atoms with Crippen molar-refractivity contribution in [1.82, 2.24) is 9.80 Å². The van der Waals surface area contributed by atoms with Gasteiger partial charge >= 0.3 is 6.03 Å². The Bertz CT molecular complexity index is 534. The Kier molecular flexibility index (Phi) is 5.98. The van der Waals surface area contributed by atoms with Crippen molar-refractivity contribution in [3.8, 4) is 0 Å². The first-order chi connectivity index (χ1) is 10.9. The number of anilines is 2. The fourth-order valence-electron chi connectivity index (χ4n) is 2.69. The Morgan fingerprint density at radius 2 is 1.52 bits per heavy atom. The third-order valence-corrected chi connectivity index (χ3v) is 3.74. The molecule has 3 amide bonds. The topological polar surface area (TPSA) is 64.7 Å². The Morgan fingerprint density at radius 3 is 2.00 bits per heavy atom. The van der Waals surface area contributed by atoms with Crippen molar-refractivity contribution in [2.45, 2.75) is 20.8 Å². The summed E-state index contributed by atoms with van der Waals surface area (Å²) in [6.45, 7) is 10.3. The molecule has 0 saturated carbocycles. The molecule has 0 aliphatic carbocycles. The lowest BCUT2D eigenvalue weighted by molar-refractivity contribution is -0.114. The molecule has 1 fully saturated rings. The number of urea groups is 1. The first-order valence-electron chi connectivity index (χ1n) is 8.10. The number of nitrogens with one attached hydrogen (secondary N) is 2. The number of rotatable bonds is 4. The lowest BCUT2D eigenvalue weighted by Gasteiger charge is -2.35. The van der Waals surface area contributed by atoms with Crippen molar-refractivity contribution < 1.29 is 9.59 Å². The number of hydrogen-bond donors (Lipinski definition) is 2. The summed E-state index contributed by atoms with van der Waals surface area (Å²) in [7, 11) is 0. The van der Waals surface area contributed by atoms with E-state index in [0.29, 0.717) is 5.92 Å². The van der Waals surface area contributed by atoms with Crippen LogP contribution in [0, 0.1) is 5.92 Å². The normalized spacial score (nSPS) is 15.6. The fraction of sp³-hybridized carbons (Fsp3) is 0.529. The van der Waals surface area contributed by atoms with E-state index in [1.807, 2.05) is 4.90 Å². The van der Waals surface area contributed by atoms with E-state index < -0.39 is 0 Å². The van der Waals surface area contributed by atoms with Crippen LogP contribution in [0.1, 0.15) is 20.8 Å². The molecule has 0 unspecified atom stereocenters. The highest BCUT2D eigenvalue weighted by atomic mass is 16.2. The summed E-state index contributed by atoms with van der Waals surface area (Å²) < 4.78 is 0. The molecule has 1 saturated heterocycles. The van der Waals surface area contributed by atoms with E-state index in [1.54, 1.807) is 24.3 Å². The van der Waals surface area contributed by atoms with E-state index in [0.717, 1.165) is 44.1 Å². The van der Waals surface area contributed by atoms with Crippen molar-refractivity contribution in [1.29, 1.82) is 0 Å². The second-order valence-electron chi connectivity index (χ2n) is 6.37.